The molecule has 3 aromatic rings. The van der Waals surface area contributed by atoms with Crippen LogP contribution in [0.15, 0.2) is 89.8 Å². The van der Waals surface area contributed by atoms with Gasteiger partial charge in [0.1, 0.15) is 0 Å². The van der Waals surface area contributed by atoms with Gasteiger partial charge in [-0.05, 0) is 35.4 Å². The molecule has 25 heavy (non-hydrogen) atoms. The van der Waals surface area contributed by atoms with Crippen molar-refractivity contribution in [2.24, 2.45) is 0 Å². The Kier molecular flexibility index (Phi) is 5.92. The van der Waals surface area contributed by atoms with Crippen molar-refractivity contribution in [2.75, 3.05) is 0 Å². The van der Waals surface area contributed by atoms with Crippen LogP contribution in [0.5, 0.6) is 0 Å². The molecule has 0 saturated carbocycles. The van der Waals surface area contributed by atoms with Crippen LogP contribution >= 0.6 is 23.4 Å². The van der Waals surface area contributed by atoms with Crippen LogP contribution < -0.4 is 0 Å². The molecule has 126 valence electrons. The number of halogens is 1. The van der Waals surface area contributed by atoms with E-state index in [2.05, 4.69) is 0 Å². The zero-order valence-corrected chi connectivity index (χ0v) is 15.0. The van der Waals surface area contributed by atoms with Gasteiger partial charge in [-0.2, -0.15) is 0 Å². The maximum Gasteiger partial charge on any atom is 0.204 e. The molecule has 1 N–H and O–H groups in total. The van der Waals surface area contributed by atoms with Gasteiger partial charge in [0, 0.05) is 9.92 Å². The van der Waals surface area contributed by atoms with Gasteiger partial charge in [-0.1, -0.05) is 84.0 Å². The average molecular weight is 369 g/mol. The van der Waals surface area contributed by atoms with Gasteiger partial charge in [-0.25, -0.2) is 0 Å². The van der Waals surface area contributed by atoms with Gasteiger partial charge in [0.2, 0.25) is 5.12 Å². The number of thioether (sulfide) groups is 1. The molecule has 0 heterocycles. The van der Waals surface area contributed by atoms with E-state index in [-0.39, 0.29) is 5.12 Å². The molecule has 3 rings (SSSR count). The number of benzene rings is 3. The van der Waals surface area contributed by atoms with Crippen LogP contribution in [0.4, 0.5) is 0 Å². The minimum absolute atomic E-state index is 0.0974. The molecule has 0 spiro atoms. The molecule has 0 fully saturated rings. The number of carbonyl (C=O) groups excluding carboxylic acids is 1. The topological polar surface area (TPSA) is 37.3 Å². The van der Waals surface area contributed by atoms with Gasteiger partial charge in [0.05, 0.1) is 12.0 Å². The van der Waals surface area contributed by atoms with Gasteiger partial charge in [-0.15, -0.1) is 0 Å². The van der Waals surface area contributed by atoms with E-state index in [0.717, 1.165) is 22.2 Å². The quantitative estimate of drug-likeness (QED) is 0.606. The van der Waals surface area contributed by atoms with Crippen molar-refractivity contribution in [3.05, 3.63) is 101 Å². The summed E-state index contributed by atoms with van der Waals surface area (Å²) in [6.07, 6.45) is -0.941. The summed E-state index contributed by atoms with van der Waals surface area (Å²) in [6.45, 7) is 0. The fraction of sp³-hybridized carbons (Fsp3) is 0.0952. The van der Waals surface area contributed by atoms with Crippen molar-refractivity contribution in [2.45, 2.75) is 16.9 Å². The second kappa shape index (κ2) is 8.34. The highest BCUT2D eigenvalue weighted by Gasteiger charge is 2.30. The Morgan fingerprint density at radius 2 is 1.36 bits per heavy atom. The maximum absolute atomic E-state index is 13.0. The van der Waals surface area contributed by atoms with E-state index in [9.17, 15) is 9.90 Å². The van der Waals surface area contributed by atoms with Crippen LogP contribution in [-0.2, 0) is 4.79 Å². The molecule has 0 bridgehead atoms. The highest BCUT2D eigenvalue weighted by Crippen LogP contribution is 2.37. The Labute approximate surface area is 156 Å². The second-order valence-corrected chi connectivity index (χ2v) is 7.13. The molecule has 2 atom stereocenters. The number of aliphatic hydroxyl groups is 1. The lowest BCUT2D eigenvalue weighted by Crippen LogP contribution is -2.18. The van der Waals surface area contributed by atoms with Crippen LogP contribution in [0, 0.1) is 0 Å². The fourth-order valence-electron chi connectivity index (χ4n) is 2.63. The Balaban J connectivity index is 1.92. The Hall–Kier alpha value is -2.07. The summed E-state index contributed by atoms with van der Waals surface area (Å²) < 4.78 is 0. The number of aliphatic hydroxyl groups excluding tert-OH is 1. The van der Waals surface area contributed by atoms with Crippen LogP contribution in [0.3, 0.4) is 0 Å². The summed E-state index contributed by atoms with van der Waals surface area (Å²) in [5.74, 6) is -0.660. The Morgan fingerprint density at radius 1 is 0.800 bits per heavy atom. The van der Waals surface area contributed by atoms with Crippen LogP contribution in [0.1, 0.15) is 23.1 Å². The predicted molar refractivity (Wildman–Crippen MR) is 103 cm³/mol. The van der Waals surface area contributed by atoms with Crippen molar-refractivity contribution in [1.29, 1.82) is 0 Å². The molecule has 0 aromatic heterocycles. The third-order valence-electron chi connectivity index (χ3n) is 3.90. The lowest BCUT2D eigenvalue weighted by atomic mass is 9.90. The van der Waals surface area contributed by atoms with E-state index >= 15 is 0 Å². The fourth-order valence-corrected chi connectivity index (χ4v) is 3.67. The summed E-state index contributed by atoms with van der Waals surface area (Å²) >= 11 is 7.08. The lowest BCUT2D eigenvalue weighted by Gasteiger charge is -2.22. The monoisotopic (exact) mass is 368 g/mol. The zero-order chi connectivity index (χ0) is 17.6. The first-order chi connectivity index (χ1) is 12.1. The third kappa shape index (κ3) is 4.51. The molecule has 0 radical (unpaired) electrons. The SMILES string of the molecule is O=C(Sc1ccccc1)[C@H](c1ccccc1)[C@@H](O)c1ccc(Cl)cc1. The smallest absolute Gasteiger partial charge is 0.204 e. The first kappa shape index (κ1) is 17.7. The van der Waals surface area contributed by atoms with Crippen LogP contribution in [0.2, 0.25) is 5.02 Å². The summed E-state index contributed by atoms with van der Waals surface area (Å²) in [6, 6.07) is 25.8. The van der Waals surface area contributed by atoms with Gasteiger partial charge < -0.3 is 5.11 Å². The van der Waals surface area contributed by atoms with E-state index in [1.165, 1.54) is 0 Å². The second-order valence-electron chi connectivity index (χ2n) is 5.62. The molecule has 4 heteroatoms. The molecule has 0 unspecified atom stereocenters. The maximum atomic E-state index is 13.0. The van der Waals surface area contributed by atoms with E-state index in [4.69, 9.17) is 11.6 Å². The lowest BCUT2D eigenvalue weighted by molar-refractivity contribution is -0.114. The minimum atomic E-state index is -0.941. The highest BCUT2D eigenvalue weighted by molar-refractivity contribution is 8.13. The van der Waals surface area contributed by atoms with Gasteiger partial charge in [0.15, 0.2) is 0 Å². The molecule has 3 aromatic carbocycles. The van der Waals surface area contributed by atoms with Gasteiger partial charge in [-0.3, -0.25) is 4.79 Å². The molecule has 0 aliphatic heterocycles. The molecule has 0 amide bonds. The summed E-state index contributed by atoms with van der Waals surface area (Å²) in [5.41, 5.74) is 1.46. The molecule has 0 aliphatic carbocycles. The molecule has 0 saturated heterocycles. The number of hydrogen-bond donors (Lipinski definition) is 1. The largest absolute Gasteiger partial charge is 0.387 e. The number of carbonyl (C=O) groups is 1. The predicted octanol–water partition coefficient (Wildman–Crippen LogP) is 5.48. The van der Waals surface area contributed by atoms with Crippen LogP contribution in [-0.4, -0.2) is 10.2 Å². The molecule has 2 nitrogen and oxygen atoms in total. The van der Waals surface area contributed by atoms with Crippen molar-refractivity contribution >= 4 is 28.5 Å². The van der Waals surface area contributed by atoms with Gasteiger partial charge in [0.25, 0.3) is 0 Å². The average Bonchev–Trinajstić information content (AvgIpc) is 2.64. The van der Waals surface area contributed by atoms with Crippen LogP contribution in [0.25, 0.3) is 0 Å². The summed E-state index contributed by atoms with van der Waals surface area (Å²) in [7, 11) is 0. The standard InChI is InChI=1S/C21H17ClO2S/c22-17-13-11-16(12-14-17)20(23)19(15-7-3-1-4-8-15)21(24)25-18-9-5-2-6-10-18/h1-14,19-20,23H/t19-,20+/m1/s1. The number of hydrogen-bond acceptors (Lipinski definition) is 3. The first-order valence-corrected chi connectivity index (χ1v) is 9.10. The van der Waals surface area contributed by atoms with Crippen molar-refractivity contribution in [3.8, 4) is 0 Å². The molecular formula is C21H17ClO2S. The van der Waals surface area contributed by atoms with Crippen molar-refractivity contribution in [3.63, 3.8) is 0 Å². The van der Waals surface area contributed by atoms with E-state index in [0.29, 0.717) is 10.6 Å². The summed E-state index contributed by atoms with van der Waals surface area (Å²) in [5, 5.41) is 11.4. The Bertz CT molecular complexity index is 820. The molecular weight excluding hydrogens is 352 g/mol. The van der Waals surface area contributed by atoms with Crippen molar-refractivity contribution in [1.82, 2.24) is 0 Å². The normalized spacial score (nSPS) is 13.2. The highest BCUT2D eigenvalue weighted by atomic mass is 35.5. The summed E-state index contributed by atoms with van der Waals surface area (Å²) in [4.78, 5) is 13.8. The third-order valence-corrected chi connectivity index (χ3v) is 5.12. The zero-order valence-electron chi connectivity index (χ0n) is 13.4. The molecule has 0 aliphatic rings. The van der Waals surface area contributed by atoms with E-state index in [1.54, 1.807) is 24.3 Å². The van der Waals surface area contributed by atoms with E-state index in [1.807, 2.05) is 60.7 Å². The van der Waals surface area contributed by atoms with E-state index < -0.39 is 12.0 Å². The number of rotatable bonds is 5. The Morgan fingerprint density at radius 3 is 1.96 bits per heavy atom. The minimum Gasteiger partial charge on any atom is -0.387 e. The van der Waals surface area contributed by atoms with Crippen molar-refractivity contribution < 1.29 is 9.90 Å². The first-order valence-electron chi connectivity index (χ1n) is 7.90. The van der Waals surface area contributed by atoms with Gasteiger partial charge >= 0.3 is 0 Å².